The van der Waals surface area contributed by atoms with Crippen molar-refractivity contribution in [2.45, 2.75) is 26.2 Å². The van der Waals surface area contributed by atoms with Crippen LogP contribution in [0.4, 0.5) is 0 Å². The van der Waals surface area contributed by atoms with Crippen LogP contribution < -0.4 is 5.32 Å². The van der Waals surface area contributed by atoms with Gasteiger partial charge in [0.15, 0.2) is 0 Å². The summed E-state index contributed by atoms with van der Waals surface area (Å²) < 4.78 is 0. The Kier molecular flexibility index (Phi) is 4.73. The van der Waals surface area contributed by atoms with E-state index in [9.17, 15) is 4.79 Å². The molecule has 2 N–H and O–H groups in total. The lowest BCUT2D eigenvalue weighted by Crippen LogP contribution is -2.41. The molecule has 5 nitrogen and oxygen atoms in total. The molecule has 1 aliphatic heterocycles. The first-order valence-corrected chi connectivity index (χ1v) is 8.17. The largest absolute Gasteiger partial charge is 0.346 e. The van der Waals surface area contributed by atoms with Gasteiger partial charge in [0.25, 0.3) is 0 Å². The first-order chi connectivity index (χ1) is 10.8. The molecular formula is C17H24N4O. The highest BCUT2D eigenvalue weighted by molar-refractivity contribution is 5.87. The predicted molar refractivity (Wildman–Crippen MR) is 87.6 cm³/mol. The Hall–Kier alpha value is -1.88. The molecule has 0 radical (unpaired) electrons. The maximum atomic E-state index is 12.5. The van der Waals surface area contributed by atoms with Gasteiger partial charge in [0.05, 0.1) is 6.42 Å². The van der Waals surface area contributed by atoms with Gasteiger partial charge in [0, 0.05) is 30.9 Å². The number of hydrogen-bond donors (Lipinski definition) is 2. The molecule has 2 aromatic rings. The minimum atomic E-state index is 0.228. The molecule has 0 unspecified atom stereocenters. The number of nitrogens with one attached hydrogen (secondary N) is 2. The molecule has 1 fully saturated rings. The molecule has 0 spiro atoms. The summed E-state index contributed by atoms with van der Waals surface area (Å²) in [6.45, 7) is 6.00. The molecule has 118 valence electrons. The van der Waals surface area contributed by atoms with Crippen LogP contribution in [0.15, 0.2) is 24.5 Å². The number of carbonyl (C=O) groups is 1. The van der Waals surface area contributed by atoms with Crippen LogP contribution in [0.5, 0.6) is 0 Å². The van der Waals surface area contributed by atoms with Crippen LogP contribution in [-0.2, 0) is 11.2 Å². The van der Waals surface area contributed by atoms with Crippen LogP contribution in [0.2, 0.25) is 0 Å². The first kappa shape index (κ1) is 15.0. The Labute approximate surface area is 131 Å². The fraction of sp³-hybridized carbons (Fsp3) is 0.529. The van der Waals surface area contributed by atoms with E-state index < -0.39 is 0 Å². The third kappa shape index (κ3) is 3.30. The van der Waals surface area contributed by atoms with Gasteiger partial charge in [0.2, 0.25) is 5.91 Å². The summed E-state index contributed by atoms with van der Waals surface area (Å²) in [7, 11) is 0. The maximum Gasteiger partial charge on any atom is 0.227 e. The molecular weight excluding hydrogens is 276 g/mol. The van der Waals surface area contributed by atoms with E-state index in [-0.39, 0.29) is 5.91 Å². The number of aromatic amines is 1. The number of piperidine rings is 1. The standard InChI is InChI=1S/C17H24N4O/c1-2-18-11-13-5-8-21(9-6-13)16(22)10-14-12-20-17-15(14)4-3-7-19-17/h3-4,7,12-13,18H,2,5-6,8-11H2,1H3,(H,19,20). The van der Waals surface area contributed by atoms with Gasteiger partial charge < -0.3 is 15.2 Å². The third-order valence-electron chi connectivity index (χ3n) is 4.53. The van der Waals surface area contributed by atoms with Crippen LogP contribution in [-0.4, -0.2) is 47.0 Å². The van der Waals surface area contributed by atoms with Gasteiger partial charge in [-0.25, -0.2) is 4.98 Å². The van der Waals surface area contributed by atoms with Gasteiger partial charge in [-0.05, 0) is 49.5 Å². The van der Waals surface area contributed by atoms with Gasteiger partial charge in [-0.15, -0.1) is 0 Å². The smallest absolute Gasteiger partial charge is 0.227 e. The second-order valence-corrected chi connectivity index (χ2v) is 6.02. The van der Waals surface area contributed by atoms with Crippen molar-refractivity contribution in [3.05, 3.63) is 30.1 Å². The molecule has 1 aliphatic rings. The molecule has 0 atom stereocenters. The summed E-state index contributed by atoms with van der Waals surface area (Å²) in [4.78, 5) is 21.9. The molecule has 5 heteroatoms. The molecule has 3 rings (SSSR count). The number of fused-ring (bicyclic) bond motifs is 1. The van der Waals surface area contributed by atoms with E-state index in [0.717, 1.165) is 55.6 Å². The number of rotatable bonds is 5. The third-order valence-corrected chi connectivity index (χ3v) is 4.53. The number of H-pyrrole nitrogens is 1. The molecule has 1 saturated heterocycles. The predicted octanol–water partition coefficient (Wildman–Crippen LogP) is 1.95. The zero-order chi connectivity index (χ0) is 15.4. The molecule has 2 aromatic heterocycles. The van der Waals surface area contributed by atoms with Gasteiger partial charge in [-0.2, -0.15) is 0 Å². The monoisotopic (exact) mass is 300 g/mol. The van der Waals surface area contributed by atoms with Crippen LogP contribution in [0, 0.1) is 5.92 Å². The number of pyridine rings is 1. The molecule has 0 aliphatic carbocycles. The SMILES string of the molecule is CCNCC1CCN(C(=O)Cc2c[nH]c3ncccc23)CC1. The molecule has 3 heterocycles. The van der Waals surface area contributed by atoms with Crippen molar-refractivity contribution in [2.75, 3.05) is 26.2 Å². The Morgan fingerprint density at radius 1 is 1.45 bits per heavy atom. The minimum Gasteiger partial charge on any atom is -0.346 e. The van der Waals surface area contributed by atoms with E-state index >= 15 is 0 Å². The Morgan fingerprint density at radius 3 is 3.05 bits per heavy atom. The fourth-order valence-electron chi connectivity index (χ4n) is 3.17. The first-order valence-electron chi connectivity index (χ1n) is 8.17. The highest BCUT2D eigenvalue weighted by atomic mass is 16.2. The van der Waals surface area contributed by atoms with Gasteiger partial charge in [0.1, 0.15) is 5.65 Å². The second-order valence-electron chi connectivity index (χ2n) is 6.02. The summed E-state index contributed by atoms with van der Waals surface area (Å²) in [6, 6.07) is 3.93. The zero-order valence-electron chi connectivity index (χ0n) is 13.1. The van der Waals surface area contributed by atoms with Gasteiger partial charge in [-0.3, -0.25) is 4.79 Å². The van der Waals surface area contributed by atoms with Crippen molar-refractivity contribution in [1.29, 1.82) is 0 Å². The highest BCUT2D eigenvalue weighted by Gasteiger charge is 2.23. The maximum absolute atomic E-state index is 12.5. The van der Waals surface area contributed by atoms with Gasteiger partial charge >= 0.3 is 0 Å². The van der Waals surface area contributed by atoms with Crippen molar-refractivity contribution in [3.63, 3.8) is 0 Å². The number of nitrogens with zero attached hydrogens (tertiary/aromatic N) is 2. The van der Waals surface area contributed by atoms with Crippen molar-refractivity contribution < 1.29 is 4.79 Å². The quantitative estimate of drug-likeness (QED) is 0.887. The number of amides is 1. The molecule has 22 heavy (non-hydrogen) atoms. The second kappa shape index (κ2) is 6.92. The highest BCUT2D eigenvalue weighted by Crippen LogP contribution is 2.20. The number of aromatic nitrogens is 2. The summed E-state index contributed by atoms with van der Waals surface area (Å²) in [5, 5.41) is 4.46. The van der Waals surface area contributed by atoms with Gasteiger partial charge in [-0.1, -0.05) is 6.92 Å². The van der Waals surface area contributed by atoms with E-state index in [0.29, 0.717) is 12.3 Å². The van der Waals surface area contributed by atoms with Crippen LogP contribution in [0.25, 0.3) is 11.0 Å². The summed E-state index contributed by atoms with van der Waals surface area (Å²) in [6.07, 6.45) is 6.35. The molecule has 0 saturated carbocycles. The lowest BCUT2D eigenvalue weighted by atomic mass is 9.96. The number of likely N-dealkylation sites (tertiary alicyclic amines) is 1. The summed E-state index contributed by atoms with van der Waals surface area (Å²) in [5.74, 6) is 0.938. The van der Waals surface area contributed by atoms with E-state index in [1.807, 2.05) is 23.2 Å². The summed E-state index contributed by atoms with van der Waals surface area (Å²) in [5.41, 5.74) is 1.90. The summed E-state index contributed by atoms with van der Waals surface area (Å²) >= 11 is 0. The van der Waals surface area contributed by atoms with E-state index in [4.69, 9.17) is 0 Å². The average molecular weight is 300 g/mol. The van der Waals surface area contributed by atoms with E-state index in [1.165, 1.54) is 0 Å². The molecule has 0 aromatic carbocycles. The van der Waals surface area contributed by atoms with E-state index in [1.54, 1.807) is 6.20 Å². The Morgan fingerprint density at radius 2 is 2.27 bits per heavy atom. The minimum absolute atomic E-state index is 0.228. The van der Waals surface area contributed by atoms with Crippen molar-refractivity contribution in [1.82, 2.24) is 20.2 Å². The zero-order valence-corrected chi connectivity index (χ0v) is 13.1. The Bertz CT molecular complexity index is 628. The molecule has 1 amide bonds. The van der Waals surface area contributed by atoms with E-state index in [2.05, 4.69) is 22.2 Å². The Balaban J connectivity index is 1.57. The molecule has 0 bridgehead atoms. The van der Waals surface area contributed by atoms with Crippen LogP contribution in [0.3, 0.4) is 0 Å². The number of carbonyl (C=O) groups excluding carboxylic acids is 1. The number of hydrogen-bond acceptors (Lipinski definition) is 3. The van der Waals surface area contributed by atoms with Crippen LogP contribution >= 0.6 is 0 Å². The lowest BCUT2D eigenvalue weighted by molar-refractivity contribution is -0.131. The normalized spacial score (nSPS) is 16.3. The topological polar surface area (TPSA) is 61.0 Å². The lowest BCUT2D eigenvalue weighted by Gasteiger charge is -2.32. The van der Waals surface area contributed by atoms with Crippen LogP contribution in [0.1, 0.15) is 25.3 Å². The average Bonchev–Trinajstić information content (AvgIpc) is 2.96. The fourth-order valence-corrected chi connectivity index (χ4v) is 3.17. The van der Waals surface area contributed by atoms with Crippen molar-refractivity contribution >= 4 is 16.9 Å². The van der Waals surface area contributed by atoms with Crippen molar-refractivity contribution in [3.8, 4) is 0 Å². The van der Waals surface area contributed by atoms with Crippen molar-refractivity contribution in [2.24, 2.45) is 5.92 Å².